The van der Waals surface area contributed by atoms with E-state index in [4.69, 9.17) is 10.7 Å². The van der Waals surface area contributed by atoms with Crippen molar-refractivity contribution >= 4 is 39.9 Å². The van der Waals surface area contributed by atoms with E-state index in [9.17, 15) is 13.7 Å². The number of piperidine rings is 1. The van der Waals surface area contributed by atoms with E-state index in [1.165, 1.54) is 29.7 Å². The number of aliphatic imine (C=N–C) groups is 1. The highest BCUT2D eigenvalue weighted by Crippen LogP contribution is 2.47. The monoisotopic (exact) mass is 520 g/mol. The fraction of sp³-hybridized carbons (Fsp3) is 0.222. The number of hydrogen-bond acceptors (Lipinski definition) is 7. The van der Waals surface area contributed by atoms with Crippen LogP contribution in [0.3, 0.4) is 0 Å². The van der Waals surface area contributed by atoms with Crippen LogP contribution in [0.5, 0.6) is 0 Å². The first-order valence-electron chi connectivity index (χ1n) is 11.5. The van der Waals surface area contributed by atoms with Gasteiger partial charge < -0.3 is 10.3 Å². The summed E-state index contributed by atoms with van der Waals surface area (Å²) in [6.45, 7) is 2.79. The summed E-state index contributed by atoms with van der Waals surface area (Å²) in [4.78, 5) is 23.6. The second-order valence-corrected chi connectivity index (χ2v) is 11.2. The summed E-state index contributed by atoms with van der Waals surface area (Å²) in [5.74, 6) is -0.446. The van der Waals surface area contributed by atoms with Gasteiger partial charge in [0.1, 0.15) is 11.5 Å². The maximum absolute atomic E-state index is 14.0. The molecule has 2 heterocycles. The van der Waals surface area contributed by atoms with Gasteiger partial charge in [0.25, 0.3) is 0 Å². The fourth-order valence-corrected chi connectivity index (χ4v) is 6.53. The van der Waals surface area contributed by atoms with Gasteiger partial charge in [0.15, 0.2) is 10.7 Å². The zero-order chi connectivity index (χ0) is 25.3. The van der Waals surface area contributed by atoms with Crippen molar-refractivity contribution in [2.75, 3.05) is 13.1 Å². The third-order valence-corrected chi connectivity index (χ3v) is 8.70. The topological polar surface area (TPSA) is 94.6 Å². The molecule has 0 amide bonds. The van der Waals surface area contributed by atoms with Gasteiger partial charge in [0.2, 0.25) is 0 Å². The molecule has 6 nitrogen and oxygen atoms in total. The number of nitrogens with two attached hydrogens (primary N) is 1. The van der Waals surface area contributed by atoms with Crippen LogP contribution in [0.2, 0.25) is 0 Å². The Morgan fingerprint density at radius 2 is 2.00 bits per heavy atom. The van der Waals surface area contributed by atoms with Crippen molar-refractivity contribution in [3.63, 3.8) is 0 Å². The van der Waals surface area contributed by atoms with E-state index >= 15 is 0 Å². The van der Waals surface area contributed by atoms with Crippen molar-refractivity contribution in [3.05, 3.63) is 99.9 Å². The summed E-state index contributed by atoms with van der Waals surface area (Å²) < 4.78 is 28.8. The molecule has 0 radical (unpaired) electrons. The van der Waals surface area contributed by atoms with Crippen molar-refractivity contribution in [3.8, 4) is 0 Å². The number of rotatable bonds is 5. The molecule has 2 atom stereocenters. The minimum atomic E-state index is -1.42. The van der Waals surface area contributed by atoms with Gasteiger partial charge in [0, 0.05) is 11.9 Å². The van der Waals surface area contributed by atoms with Crippen LogP contribution in [0.15, 0.2) is 92.7 Å². The first-order chi connectivity index (χ1) is 17.4. The van der Waals surface area contributed by atoms with Crippen LogP contribution < -0.4 is 5.73 Å². The predicted octanol–water partition coefficient (Wildman–Crippen LogP) is 5.13. The number of fused-ring (bicyclic) bond motifs is 1. The standard InChI is InChI=1S/C27H25FN4O2S2/c1-18-2-8-23(9-3-18)36(34)32-11-10-20-12-24(31-22-6-4-21(28)5-7-22)19(14-29)13-27(20,16-32)26(33)25-15-35-17-30-25/h2-9,12,14-15,17H,10-11,13,16,29H2,1H3. The van der Waals surface area contributed by atoms with Crippen LogP contribution in [-0.4, -0.2) is 38.4 Å². The van der Waals surface area contributed by atoms with Crippen molar-refractivity contribution in [1.29, 1.82) is 0 Å². The van der Waals surface area contributed by atoms with Crippen molar-refractivity contribution in [1.82, 2.24) is 9.29 Å². The van der Waals surface area contributed by atoms with Gasteiger partial charge in [-0.05, 0) is 74.0 Å². The Bertz CT molecular complexity index is 1350. The Labute approximate surface area is 216 Å². The number of aryl methyl sites for hydroxylation is 1. The largest absolute Gasteiger partial charge is 0.593 e. The second kappa shape index (κ2) is 10.1. The van der Waals surface area contributed by atoms with E-state index in [1.807, 2.05) is 41.6 Å². The zero-order valence-electron chi connectivity index (χ0n) is 19.7. The molecule has 184 valence electrons. The summed E-state index contributed by atoms with van der Waals surface area (Å²) >= 11 is -0.0540. The van der Waals surface area contributed by atoms with Gasteiger partial charge in [-0.25, -0.2) is 14.4 Å². The van der Waals surface area contributed by atoms with Crippen molar-refractivity contribution < 1.29 is 13.7 Å². The summed E-state index contributed by atoms with van der Waals surface area (Å²) in [7, 11) is 0. The number of halogens is 1. The summed E-state index contributed by atoms with van der Waals surface area (Å²) in [6, 6.07) is 13.5. The predicted molar refractivity (Wildman–Crippen MR) is 141 cm³/mol. The minimum Gasteiger partial charge on any atom is -0.593 e. The van der Waals surface area contributed by atoms with Crippen molar-refractivity contribution in [2.24, 2.45) is 16.1 Å². The van der Waals surface area contributed by atoms with Gasteiger partial charge in [-0.2, -0.15) is 0 Å². The Kier molecular flexibility index (Phi) is 6.90. The van der Waals surface area contributed by atoms with E-state index in [-0.39, 0.29) is 18.1 Å². The van der Waals surface area contributed by atoms with Gasteiger partial charge >= 0.3 is 0 Å². The van der Waals surface area contributed by atoms with Crippen LogP contribution in [-0.2, 0) is 11.4 Å². The van der Waals surface area contributed by atoms with Crippen LogP contribution in [0.4, 0.5) is 10.1 Å². The molecular weight excluding hydrogens is 495 g/mol. The smallest absolute Gasteiger partial charge is 0.194 e. The minimum absolute atomic E-state index is 0.110. The highest BCUT2D eigenvalue weighted by Gasteiger charge is 2.52. The van der Waals surface area contributed by atoms with E-state index < -0.39 is 16.8 Å². The summed E-state index contributed by atoms with van der Waals surface area (Å²) in [5, 5.41) is 1.75. The van der Waals surface area contributed by atoms with Crippen LogP contribution in [0, 0.1) is 18.2 Å². The lowest BCUT2D eigenvalue weighted by molar-refractivity contribution is 0.0771. The number of allylic oxidation sites excluding steroid dienone is 2. The Morgan fingerprint density at radius 3 is 2.67 bits per heavy atom. The number of ketones is 1. The lowest BCUT2D eigenvalue weighted by Gasteiger charge is -2.45. The Morgan fingerprint density at radius 1 is 1.25 bits per heavy atom. The van der Waals surface area contributed by atoms with Gasteiger partial charge in [-0.3, -0.25) is 4.79 Å². The number of benzene rings is 2. The molecule has 0 bridgehead atoms. The third kappa shape index (κ3) is 4.67. The molecule has 3 aromatic rings. The maximum atomic E-state index is 14.0. The number of carbonyl (C=O) groups is 1. The number of hydrogen-bond donors (Lipinski definition) is 1. The molecule has 2 aromatic carbocycles. The van der Waals surface area contributed by atoms with Crippen LogP contribution in [0.25, 0.3) is 0 Å². The van der Waals surface area contributed by atoms with E-state index in [0.717, 1.165) is 11.1 Å². The lowest BCUT2D eigenvalue weighted by Crippen LogP contribution is -2.53. The van der Waals surface area contributed by atoms with E-state index in [0.29, 0.717) is 46.9 Å². The third-order valence-electron chi connectivity index (χ3n) is 6.66. The number of carbonyl (C=O) groups excluding carboxylic acids is 1. The first kappa shape index (κ1) is 24.6. The molecule has 0 saturated carbocycles. The maximum Gasteiger partial charge on any atom is 0.194 e. The molecular formula is C27H25FN4O2S2. The summed E-state index contributed by atoms with van der Waals surface area (Å²) in [6.07, 6.45) is 4.25. The average Bonchev–Trinajstić information content (AvgIpc) is 3.44. The van der Waals surface area contributed by atoms with Gasteiger partial charge in [-0.1, -0.05) is 23.3 Å². The molecule has 5 rings (SSSR count). The number of nitrogens with zero attached hydrogens (tertiary/aromatic N) is 3. The molecule has 2 N–H and O–H groups in total. The summed E-state index contributed by atoms with van der Waals surface area (Å²) in [5.41, 5.74) is 11.1. The lowest BCUT2D eigenvalue weighted by atomic mass is 9.64. The molecule has 0 spiro atoms. The highest BCUT2D eigenvalue weighted by atomic mass is 32.2. The molecule has 1 aromatic heterocycles. The average molecular weight is 521 g/mol. The number of Topliss-reactive ketones (excluding diaryl/α,β-unsaturated/α-hetero) is 1. The second-order valence-electron chi connectivity index (χ2n) is 8.97. The Hall–Kier alpha value is -3.11. The molecule has 1 aliphatic heterocycles. The Balaban J connectivity index is 1.56. The molecule has 36 heavy (non-hydrogen) atoms. The number of aromatic nitrogens is 1. The van der Waals surface area contributed by atoms with E-state index in [2.05, 4.69) is 4.98 Å². The SMILES string of the molecule is Cc1ccc([S+]([O-])N2CCC3=CC(=Nc4ccc(F)cc4)C(=CN)CC3(C(=O)c3cscn3)C2)cc1. The fourth-order valence-electron chi connectivity index (χ4n) is 4.74. The molecule has 1 aliphatic carbocycles. The normalized spacial score (nSPS) is 23.4. The van der Waals surface area contributed by atoms with Gasteiger partial charge in [0.05, 0.1) is 40.2 Å². The van der Waals surface area contributed by atoms with Crippen LogP contribution >= 0.6 is 11.3 Å². The van der Waals surface area contributed by atoms with Crippen molar-refractivity contribution in [2.45, 2.75) is 24.7 Å². The quantitative estimate of drug-likeness (QED) is 0.372. The molecule has 2 unspecified atom stereocenters. The highest BCUT2D eigenvalue weighted by molar-refractivity contribution is 7.89. The zero-order valence-corrected chi connectivity index (χ0v) is 21.3. The van der Waals surface area contributed by atoms with Gasteiger partial charge in [-0.15, -0.1) is 15.6 Å². The molecule has 1 saturated heterocycles. The van der Waals surface area contributed by atoms with E-state index in [1.54, 1.807) is 23.0 Å². The molecule has 2 aliphatic rings. The molecule has 1 fully saturated rings. The first-order valence-corrected chi connectivity index (χ1v) is 13.6. The number of thiazole rings is 1. The van der Waals surface area contributed by atoms with Crippen LogP contribution in [0.1, 0.15) is 28.9 Å². The molecule has 9 heteroatoms.